The number of amides is 1. The molecule has 0 aliphatic heterocycles. The summed E-state index contributed by atoms with van der Waals surface area (Å²) < 4.78 is 0. The van der Waals surface area contributed by atoms with Gasteiger partial charge in [-0.25, -0.2) is 0 Å². The molecule has 0 heterocycles. The molecule has 2 N–H and O–H groups in total. The van der Waals surface area contributed by atoms with Gasteiger partial charge in [-0.1, -0.05) is 11.6 Å². The number of carbonyl (C=O) groups is 1. The fourth-order valence-electron chi connectivity index (χ4n) is 0.377. The lowest BCUT2D eigenvalue weighted by atomic mass is 10.2. The van der Waals surface area contributed by atoms with Crippen LogP contribution in [0.2, 0.25) is 0 Å². The number of hydrogen-bond donors (Lipinski definition) is 1. The van der Waals surface area contributed by atoms with Gasteiger partial charge >= 0.3 is 0 Å². The van der Waals surface area contributed by atoms with E-state index < -0.39 is 0 Å². The summed E-state index contributed by atoms with van der Waals surface area (Å²) in [6, 6.07) is 0. The SMILES string of the molecule is C/C=C(/C)CC(N)=O. The summed E-state index contributed by atoms with van der Waals surface area (Å²) >= 11 is 0. The highest BCUT2D eigenvalue weighted by Gasteiger charge is 1.91. The van der Waals surface area contributed by atoms with Crippen LogP contribution in [0.4, 0.5) is 0 Å². The molecule has 0 aromatic heterocycles. The standard InChI is InChI=1S/C6H11NO/c1-3-5(2)4-6(7)8/h3H,4H2,1-2H3,(H2,7,8)/b5-3-. The molecule has 1 amide bonds. The third-order valence-corrected chi connectivity index (χ3v) is 0.946. The van der Waals surface area contributed by atoms with E-state index in [2.05, 4.69) is 0 Å². The van der Waals surface area contributed by atoms with E-state index in [0.717, 1.165) is 5.57 Å². The molecule has 0 radical (unpaired) electrons. The molecule has 0 saturated heterocycles. The lowest BCUT2D eigenvalue weighted by Gasteiger charge is -1.90. The summed E-state index contributed by atoms with van der Waals surface area (Å²) in [7, 11) is 0. The third kappa shape index (κ3) is 3.40. The fourth-order valence-corrected chi connectivity index (χ4v) is 0.377. The van der Waals surface area contributed by atoms with Gasteiger partial charge in [0.15, 0.2) is 0 Å². The van der Waals surface area contributed by atoms with E-state index in [1.807, 2.05) is 19.9 Å². The Morgan fingerprint density at radius 2 is 2.25 bits per heavy atom. The zero-order valence-electron chi connectivity index (χ0n) is 5.27. The molecule has 2 heteroatoms. The predicted molar refractivity (Wildman–Crippen MR) is 33.2 cm³/mol. The van der Waals surface area contributed by atoms with Crippen LogP contribution in [0.15, 0.2) is 11.6 Å². The second kappa shape index (κ2) is 3.24. The Hall–Kier alpha value is -0.790. The quantitative estimate of drug-likeness (QED) is 0.529. The molecule has 0 atom stereocenters. The maximum Gasteiger partial charge on any atom is 0.221 e. The van der Waals surface area contributed by atoms with Crippen LogP contribution in [0.25, 0.3) is 0 Å². The molecular weight excluding hydrogens is 102 g/mol. The van der Waals surface area contributed by atoms with Crippen LogP contribution < -0.4 is 5.73 Å². The molecule has 0 bridgehead atoms. The molecule has 0 saturated carbocycles. The Labute approximate surface area is 49.4 Å². The number of primary amides is 1. The summed E-state index contributed by atoms with van der Waals surface area (Å²) in [5.41, 5.74) is 5.91. The molecule has 46 valence electrons. The zero-order chi connectivity index (χ0) is 6.57. The molecule has 0 aliphatic carbocycles. The van der Waals surface area contributed by atoms with E-state index in [4.69, 9.17) is 5.73 Å². The van der Waals surface area contributed by atoms with Gasteiger partial charge in [-0.05, 0) is 13.8 Å². The minimum absolute atomic E-state index is 0.263. The molecule has 0 rings (SSSR count). The third-order valence-electron chi connectivity index (χ3n) is 0.946. The van der Waals surface area contributed by atoms with Crippen LogP contribution in [0.3, 0.4) is 0 Å². The van der Waals surface area contributed by atoms with Crippen molar-refractivity contribution in [3.8, 4) is 0 Å². The second-order valence-electron chi connectivity index (χ2n) is 1.78. The summed E-state index contributed by atoms with van der Waals surface area (Å²) in [5, 5.41) is 0. The average molecular weight is 113 g/mol. The molecule has 0 aromatic carbocycles. The minimum Gasteiger partial charge on any atom is -0.369 e. The largest absolute Gasteiger partial charge is 0.369 e. The van der Waals surface area contributed by atoms with Crippen LogP contribution in [0, 0.1) is 0 Å². The number of allylic oxidation sites excluding steroid dienone is 1. The highest BCUT2D eigenvalue weighted by atomic mass is 16.1. The molecule has 2 nitrogen and oxygen atoms in total. The van der Waals surface area contributed by atoms with Crippen molar-refractivity contribution < 1.29 is 4.79 Å². The van der Waals surface area contributed by atoms with Crippen LogP contribution in [-0.2, 0) is 4.79 Å². The van der Waals surface area contributed by atoms with Crippen molar-refractivity contribution >= 4 is 5.91 Å². The Kier molecular flexibility index (Phi) is 2.92. The lowest BCUT2D eigenvalue weighted by Crippen LogP contribution is -2.09. The van der Waals surface area contributed by atoms with Crippen LogP contribution in [0.5, 0.6) is 0 Å². The van der Waals surface area contributed by atoms with Gasteiger partial charge in [0.1, 0.15) is 0 Å². The Morgan fingerprint density at radius 3 is 2.38 bits per heavy atom. The van der Waals surface area contributed by atoms with Crippen molar-refractivity contribution in [3.63, 3.8) is 0 Å². The number of rotatable bonds is 2. The average Bonchev–Trinajstić information content (AvgIpc) is 1.65. The Balaban J connectivity index is 3.56. The Morgan fingerprint density at radius 1 is 1.75 bits per heavy atom. The summed E-state index contributed by atoms with van der Waals surface area (Å²) in [4.78, 5) is 10.2. The van der Waals surface area contributed by atoms with Crippen LogP contribution >= 0.6 is 0 Å². The molecule has 8 heavy (non-hydrogen) atoms. The van der Waals surface area contributed by atoms with E-state index in [-0.39, 0.29) is 5.91 Å². The first-order chi connectivity index (χ1) is 3.66. The van der Waals surface area contributed by atoms with Crippen LogP contribution in [-0.4, -0.2) is 5.91 Å². The summed E-state index contributed by atoms with van der Waals surface area (Å²) in [6.07, 6.45) is 2.27. The monoisotopic (exact) mass is 113 g/mol. The zero-order valence-corrected chi connectivity index (χ0v) is 5.27. The molecule has 0 aromatic rings. The van der Waals surface area contributed by atoms with Crippen molar-refractivity contribution in [2.24, 2.45) is 5.73 Å². The highest BCUT2D eigenvalue weighted by molar-refractivity contribution is 5.76. The molecule has 0 fully saturated rings. The van der Waals surface area contributed by atoms with Crippen LogP contribution in [0.1, 0.15) is 20.3 Å². The van der Waals surface area contributed by atoms with Crippen molar-refractivity contribution in [2.45, 2.75) is 20.3 Å². The first-order valence-electron chi connectivity index (χ1n) is 2.57. The van der Waals surface area contributed by atoms with E-state index >= 15 is 0 Å². The second-order valence-corrected chi connectivity index (χ2v) is 1.78. The maximum absolute atomic E-state index is 10.2. The van der Waals surface area contributed by atoms with Gasteiger partial charge in [0.25, 0.3) is 0 Å². The number of hydrogen-bond acceptors (Lipinski definition) is 1. The normalized spacial score (nSPS) is 11.5. The van der Waals surface area contributed by atoms with Gasteiger partial charge in [-0.3, -0.25) is 4.79 Å². The van der Waals surface area contributed by atoms with E-state index in [1.54, 1.807) is 0 Å². The van der Waals surface area contributed by atoms with Gasteiger partial charge < -0.3 is 5.73 Å². The van der Waals surface area contributed by atoms with Gasteiger partial charge in [0.05, 0.1) is 0 Å². The fraction of sp³-hybridized carbons (Fsp3) is 0.500. The van der Waals surface area contributed by atoms with Crippen molar-refractivity contribution in [3.05, 3.63) is 11.6 Å². The maximum atomic E-state index is 10.2. The minimum atomic E-state index is -0.263. The molecule has 0 unspecified atom stereocenters. The number of nitrogens with two attached hydrogens (primary N) is 1. The number of carbonyl (C=O) groups excluding carboxylic acids is 1. The lowest BCUT2D eigenvalue weighted by molar-refractivity contribution is -0.117. The van der Waals surface area contributed by atoms with Gasteiger partial charge in [0, 0.05) is 6.42 Å². The predicted octanol–water partition coefficient (Wildman–Crippen LogP) is 0.828. The molecule has 0 spiro atoms. The molecule has 0 aliphatic rings. The van der Waals surface area contributed by atoms with Crippen molar-refractivity contribution in [1.29, 1.82) is 0 Å². The van der Waals surface area contributed by atoms with Gasteiger partial charge in [-0.2, -0.15) is 0 Å². The van der Waals surface area contributed by atoms with Gasteiger partial charge in [0.2, 0.25) is 5.91 Å². The van der Waals surface area contributed by atoms with E-state index in [9.17, 15) is 4.79 Å². The van der Waals surface area contributed by atoms with E-state index in [1.165, 1.54) is 0 Å². The van der Waals surface area contributed by atoms with Gasteiger partial charge in [-0.15, -0.1) is 0 Å². The first-order valence-corrected chi connectivity index (χ1v) is 2.57. The smallest absolute Gasteiger partial charge is 0.221 e. The first kappa shape index (κ1) is 7.21. The Bertz CT molecular complexity index is 116. The summed E-state index contributed by atoms with van der Waals surface area (Å²) in [6.45, 7) is 3.77. The van der Waals surface area contributed by atoms with Crippen molar-refractivity contribution in [2.75, 3.05) is 0 Å². The highest BCUT2D eigenvalue weighted by Crippen LogP contribution is 1.95. The topological polar surface area (TPSA) is 43.1 Å². The van der Waals surface area contributed by atoms with Crippen molar-refractivity contribution in [1.82, 2.24) is 0 Å². The molecular formula is C6H11NO. The summed E-state index contributed by atoms with van der Waals surface area (Å²) in [5.74, 6) is -0.263. The van der Waals surface area contributed by atoms with E-state index in [0.29, 0.717) is 6.42 Å².